The second kappa shape index (κ2) is 5.05. The van der Waals surface area contributed by atoms with Crippen LogP contribution < -0.4 is 4.72 Å². The van der Waals surface area contributed by atoms with E-state index in [9.17, 15) is 8.42 Å². The fourth-order valence-corrected chi connectivity index (χ4v) is 3.76. The van der Waals surface area contributed by atoms with Crippen molar-refractivity contribution in [2.75, 3.05) is 4.72 Å². The number of nitrogens with one attached hydrogen (secondary N) is 1. The van der Waals surface area contributed by atoms with E-state index in [2.05, 4.69) is 10.8 Å². The van der Waals surface area contributed by atoms with E-state index in [1.165, 1.54) is 0 Å². The molecule has 0 aliphatic carbocycles. The number of benzene rings is 2. The van der Waals surface area contributed by atoms with Gasteiger partial charge < -0.3 is 0 Å². The Labute approximate surface area is 114 Å². The van der Waals surface area contributed by atoms with Crippen molar-refractivity contribution in [2.24, 2.45) is 0 Å². The van der Waals surface area contributed by atoms with E-state index in [1.54, 1.807) is 24.3 Å². The summed E-state index contributed by atoms with van der Waals surface area (Å²) in [6.07, 6.45) is 0. The van der Waals surface area contributed by atoms with Gasteiger partial charge in [0.2, 0.25) is 0 Å². The van der Waals surface area contributed by atoms with E-state index >= 15 is 0 Å². The minimum absolute atomic E-state index is 0.349. The first-order valence-electron chi connectivity index (χ1n) is 5.97. The van der Waals surface area contributed by atoms with Gasteiger partial charge in [0.05, 0.1) is 4.90 Å². The molecular formula is C15H16NO2S. The van der Waals surface area contributed by atoms with Gasteiger partial charge in [-0.1, -0.05) is 29.8 Å². The summed E-state index contributed by atoms with van der Waals surface area (Å²) in [7, 11) is -3.56. The van der Waals surface area contributed by atoms with Gasteiger partial charge in [0.1, 0.15) is 0 Å². The van der Waals surface area contributed by atoms with E-state index in [4.69, 9.17) is 0 Å². The minimum Gasteiger partial charge on any atom is -0.280 e. The third kappa shape index (κ3) is 2.96. The Morgan fingerprint density at radius 1 is 1.11 bits per heavy atom. The first-order valence-corrected chi connectivity index (χ1v) is 7.45. The van der Waals surface area contributed by atoms with Crippen LogP contribution in [0, 0.1) is 26.8 Å². The van der Waals surface area contributed by atoms with Crippen LogP contribution in [0.2, 0.25) is 0 Å². The second-order valence-corrected chi connectivity index (χ2v) is 6.24. The Morgan fingerprint density at radius 2 is 1.74 bits per heavy atom. The van der Waals surface area contributed by atoms with E-state index in [0.29, 0.717) is 10.6 Å². The van der Waals surface area contributed by atoms with Crippen molar-refractivity contribution in [3.05, 3.63) is 59.2 Å². The maximum absolute atomic E-state index is 12.4. The second-order valence-electron chi connectivity index (χ2n) is 4.63. The van der Waals surface area contributed by atoms with E-state index < -0.39 is 10.0 Å². The summed E-state index contributed by atoms with van der Waals surface area (Å²) >= 11 is 0. The van der Waals surface area contributed by atoms with Gasteiger partial charge in [0.15, 0.2) is 0 Å². The van der Waals surface area contributed by atoms with Gasteiger partial charge in [-0.15, -0.1) is 0 Å². The molecule has 4 heteroatoms. The molecule has 1 radical (unpaired) electrons. The highest BCUT2D eigenvalue weighted by Gasteiger charge is 2.19. The quantitative estimate of drug-likeness (QED) is 0.934. The number of rotatable bonds is 3. The van der Waals surface area contributed by atoms with Gasteiger partial charge in [0.25, 0.3) is 10.0 Å². The summed E-state index contributed by atoms with van der Waals surface area (Å²) in [4.78, 5) is 0.349. The molecule has 99 valence electrons. The lowest BCUT2D eigenvalue weighted by Gasteiger charge is -2.13. The molecule has 0 aliphatic rings. The van der Waals surface area contributed by atoms with Gasteiger partial charge in [-0.25, -0.2) is 8.42 Å². The minimum atomic E-state index is -3.56. The molecule has 1 N–H and O–H groups in total. The predicted molar refractivity (Wildman–Crippen MR) is 76.7 cm³/mol. The zero-order chi connectivity index (χ0) is 14.0. The van der Waals surface area contributed by atoms with Crippen LogP contribution in [-0.4, -0.2) is 8.42 Å². The van der Waals surface area contributed by atoms with Gasteiger partial charge in [-0.2, -0.15) is 0 Å². The highest BCUT2D eigenvalue weighted by atomic mass is 32.2. The van der Waals surface area contributed by atoms with Crippen molar-refractivity contribution in [1.82, 2.24) is 0 Å². The molecule has 2 aromatic rings. The van der Waals surface area contributed by atoms with E-state index in [0.717, 1.165) is 16.7 Å². The molecule has 0 atom stereocenters. The molecule has 0 aromatic heterocycles. The fourth-order valence-electron chi connectivity index (χ4n) is 2.25. The van der Waals surface area contributed by atoms with Crippen LogP contribution in [0.4, 0.5) is 5.69 Å². The van der Waals surface area contributed by atoms with Crippen molar-refractivity contribution >= 4 is 15.7 Å². The monoisotopic (exact) mass is 274 g/mol. The largest absolute Gasteiger partial charge is 0.280 e. The molecular weight excluding hydrogens is 258 g/mol. The Morgan fingerprint density at radius 3 is 2.26 bits per heavy atom. The van der Waals surface area contributed by atoms with Gasteiger partial charge >= 0.3 is 0 Å². The summed E-state index contributed by atoms with van der Waals surface area (Å²) in [6.45, 7) is 5.58. The zero-order valence-electron chi connectivity index (χ0n) is 11.2. The molecule has 0 spiro atoms. The van der Waals surface area contributed by atoms with Crippen molar-refractivity contribution < 1.29 is 8.42 Å². The van der Waals surface area contributed by atoms with Gasteiger partial charge in [0, 0.05) is 5.69 Å². The van der Waals surface area contributed by atoms with Gasteiger partial charge in [-0.05, 0) is 50.1 Å². The third-order valence-electron chi connectivity index (χ3n) is 2.83. The number of hydrogen-bond acceptors (Lipinski definition) is 2. The Kier molecular flexibility index (Phi) is 3.62. The number of aryl methyl sites for hydroxylation is 3. The average molecular weight is 274 g/mol. The first-order chi connectivity index (χ1) is 8.90. The van der Waals surface area contributed by atoms with Crippen LogP contribution in [-0.2, 0) is 10.0 Å². The normalized spacial score (nSPS) is 11.3. The fraction of sp³-hybridized carbons (Fsp3) is 0.200. The Hall–Kier alpha value is -1.81. The molecule has 0 bridgehead atoms. The summed E-state index contributed by atoms with van der Waals surface area (Å²) in [6, 6.07) is 13.4. The molecule has 0 saturated heterocycles. The zero-order valence-corrected chi connectivity index (χ0v) is 12.0. The maximum Gasteiger partial charge on any atom is 0.262 e. The van der Waals surface area contributed by atoms with Crippen LogP contribution in [0.3, 0.4) is 0 Å². The Bertz CT molecular complexity index is 668. The lowest BCUT2D eigenvalue weighted by atomic mass is 10.1. The van der Waals surface area contributed by atoms with E-state index in [-0.39, 0.29) is 0 Å². The highest BCUT2D eigenvalue weighted by Crippen LogP contribution is 2.24. The Balaban J connectivity index is 2.46. The van der Waals surface area contributed by atoms with Crippen LogP contribution >= 0.6 is 0 Å². The molecule has 0 unspecified atom stereocenters. The first kappa shape index (κ1) is 13.6. The highest BCUT2D eigenvalue weighted by molar-refractivity contribution is 7.92. The van der Waals surface area contributed by atoms with Gasteiger partial charge in [-0.3, -0.25) is 4.72 Å². The van der Waals surface area contributed by atoms with Crippen molar-refractivity contribution in [1.29, 1.82) is 0 Å². The summed E-state index contributed by atoms with van der Waals surface area (Å²) < 4.78 is 27.4. The van der Waals surface area contributed by atoms with Crippen LogP contribution in [0.25, 0.3) is 0 Å². The third-order valence-corrected chi connectivity index (χ3v) is 4.52. The summed E-state index contributed by atoms with van der Waals surface area (Å²) in [5, 5.41) is 0. The molecule has 0 aliphatic heterocycles. The van der Waals surface area contributed by atoms with Crippen molar-refractivity contribution in [2.45, 2.75) is 25.7 Å². The topological polar surface area (TPSA) is 46.2 Å². The standard InChI is InChI=1S/C15H16NO2S/c1-11-9-12(2)15(13(3)10-11)19(17,18)16-14-7-5-4-6-8-14/h4-5,7-10,16H,1-3H3. The number of anilines is 1. The molecule has 0 saturated carbocycles. The molecule has 19 heavy (non-hydrogen) atoms. The molecule has 0 amide bonds. The molecule has 2 aromatic carbocycles. The average Bonchev–Trinajstić information content (AvgIpc) is 2.27. The lowest BCUT2D eigenvalue weighted by Crippen LogP contribution is -2.15. The smallest absolute Gasteiger partial charge is 0.262 e. The van der Waals surface area contributed by atoms with Crippen LogP contribution in [0.5, 0.6) is 0 Å². The molecule has 2 rings (SSSR count). The molecule has 0 fully saturated rings. The maximum atomic E-state index is 12.4. The van der Waals surface area contributed by atoms with E-state index in [1.807, 2.05) is 32.9 Å². The number of hydrogen-bond donors (Lipinski definition) is 1. The number of sulfonamides is 1. The molecule has 3 nitrogen and oxygen atoms in total. The van der Waals surface area contributed by atoms with Crippen LogP contribution in [0.15, 0.2) is 41.3 Å². The lowest BCUT2D eigenvalue weighted by molar-refractivity contribution is 0.600. The molecule has 0 heterocycles. The SMILES string of the molecule is Cc1cc(C)c(S(=O)(=O)Nc2c[c]ccc2)c(C)c1. The summed E-state index contributed by atoms with van der Waals surface area (Å²) in [5.74, 6) is 0. The predicted octanol–water partition coefficient (Wildman–Crippen LogP) is 3.21. The summed E-state index contributed by atoms with van der Waals surface area (Å²) in [5.41, 5.74) is 3.08. The van der Waals surface area contributed by atoms with Crippen molar-refractivity contribution in [3.63, 3.8) is 0 Å². The van der Waals surface area contributed by atoms with Crippen LogP contribution in [0.1, 0.15) is 16.7 Å². The van der Waals surface area contributed by atoms with Crippen molar-refractivity contribution in [3.8, 4) is 0 Å².